The normalized spacial score (nSPS) is 17.7. The average molecular weight is 325 g/mol. The molecule has 0 amide bonds. The highest BCUT2D eigenvalue weighted by atomic mass is 35.5. The summed E-state index contributed by atoms with van der Waals surface area (Å²) in [5.74, 6) is -0.313. The fourth-order valence-corrected chi connectivity index (χ4v) is 3.56. The van der Waals surface area contributed by atoms with Crippen LogP contribution in [0.4, 0.5) is 0 Å². The van der Waals surface area contributed by atoms with Crippen LogP contribution in [-0.4, -0.2) is 42.0 Å². The van der Waals surface area contributed by atoms with Gasteiger partial charge in [0, 0.05) is 36.0 Å². The first kappa shape index (κ1) is 17.1. The second-order valence-electron chi connectivity index (χ2n) is 6.39. The molecule has 5 heteroatoms. The molecule has 0 fully saturated rings. The Bertz CT molecular complexity index is 615. The maximum atomic E-state index is 12.2. The van der Waals surface area contributed by atoms with E-state index in [1.54, 1.807) is 0 Å². The largest absolute Gasteiger partial charge is 0.465 e. The van der Waals surface area contributed by atoms with Gasteiger partial charge in [-0.25, -0.2) is 4.79 Å². The highest BCUT2D eigenvalue weighted by molar-refractivity contribution is 6.26. The van der Waals surface area contributed by atoms with E-state index in [9.17, 15) is 4.79 Å². The van der Waals surface area contributed by atoms with E-state index in [2.05, 4.69) is 44.3 Å². The highest BCUT2D eigenvalue weighted by Crippen LogP contribution is 2.37. The summed E-state index contributed by atoms with van der Waals surface area (Å²) in [5, 5.41) is -0.180. The lowest BCUT2D eigenvalue weighted by Crippen LogP contribution is -2.20. The fourth-order valence-electron chi connectivity index (χ4n) is 3.29. The Morgan fingerprint density at radius 2 is 2.14 bits per heavy atom. The molecule has 0 spiro atoms. The SMILES string of the molecule is COC(=O)C1=CC(Cl)Cc2c1c(C)c(CN(C)C)n2C(C)C. The number of alkyl halides is 1. The summed E-state index contributed by atoms with van der Waals surface area (Å²) in [6.07, 6.45) is 2.57. The molecule has 0 bridgehead atoms. The van der Waals surface area contributed by atoms with E-state index in [1.165, 1.54) is 12.8 Å². The number of nitrogens with zero attached hydrogens (tertiary/aromatic N) is 2. The number of fused-ring (bicyclic) bond motifs is 1. The van der Waals surface area contributed by atoms with Gasteiger partial charge < -0.3 is 14.2 Å². The Balaban J connectivity index is 2.69. The summed E-state index contributed by atoms with van der Waals surface area (Å²) in [6, 6.07) is 0.318. The van der Waals surface area contributed by atoms with Gasteiger partial charge in [0.25, 0.3) is 0 Å². The number of ether oxygens (including phenoxy) is 1. The average Bonchev–Trinajstić information content (AvgIpc) is 2.69. The summed E-state index contributed by atoms with van der Waals surface area (Å²) in [6.45, 7) is 7.25. The molecule has 1 aromatic rings. The monoisotopic (exact) mass is 324 g/mol. The van der Waals surface area contributed by atoms with Crippen LogP contribution in [0.3, 0.4) is 0 Å². The summed E-state index contributed by atoms with van der Waals surface area (Å²) >= 11 is 6.38. The molecular formula is C17H25ClN2O2. The maximum absolute atomic E-state index is 12.2. The second kappa shape index (κ2) is 6.47. The molecule has 1 unspecified atom stereocenters. The van der Waals surface area contributed by atoms with Crippen molar-refractivity contribution in [3.8, 4) is 0 Å². The minimum Gasteiger partial charge on any atom is -0.465 e. The van der Waals surface area contributed by atoms with E-state index in [-0.39, 0.29) is 11.3 Å². The first-order valence-corrected chi connectivity index (χ1v) is 8.03. The van der Waals surface area contributed by atoms with Crippen molar-refractivity contribution in [2.45, 2.75) is 45.2 Å². The number of carbonyl (C=O) groups is 1. The van der Waals surface area contributed by atoms with Crippen molar-refractivity contribution in [1.29, 1.82) is 0 Å². The van der Waals surface area contributed by atoms with E-state index < -0.39 is 0 Å². The first-order valence-electron chi connectivity index (χ1n) is 7.59. The molecule has 0 radical (unpaired) electrons. The summed E-state index contributed by atoms with van der Waals surface area (Å²) < 4.78 is 7.28. The Kier molecular flexibility index (Phi) is 5.03. The van der Waals surface area contributed by atoms with Gasteiger partial charge in [0.05, 0.1) is 18.1 Å². The van der Waals surface area contributed by atoms with Gasteiger partial charge in [-0.05, 0) is 40.4 Å². The molecule has 1 aliphatic rings. The van der Waals surface area contributed by atoms with Crippen LogP contribution in [0.25, 0.3) is 5.57 Å². The molecule has 1 atom stereocenters. The van der Waals surface area contributed by atoms with Gasteiger partial charge in [0.1, 0.15) is 0 Å². The van der Waals surface area contributed by atoms with Crippen molar-refractivity contribution in [2.75, 3.05) is 21.2 Å². The van der Waals surface area contributed by atoms with Crippen molar-refractivity contribution < 1.29 is 9.53 Å². The number of hydrogen-bond donors (Lipinski definition) is 0. The van der Waals surface area contributed by atoms with Crippen molar-refractivity contribution in [1.82, 2.24) is 9.47 Å². The lowest BCUT2D eigenvalue weighted by molar-refractivity contribution is -0.133. The third-order valence-corrected chi connectivity index (χ3v) is 4.35. The van der Waals surface area contributed by atoms with Crippen LogP contribution in [0.15, 0.2) is 6.08 Å². The number of carbonyl (C=O) groups excluding carboxylic acids is 1. The summed E-state index contributed by atoms with van der Waals surface area (Å²) in [5.41, 5.74) is 5.14. The van der Waals surface area contributed by atoms with Crippen LogP contribution in [0.2, 0.25) is 0 Å². The molecule has 1 aromatic heterocycles. The minimum absolute atomic E-state index is 0.180. The topological polar surface area (TPSA) is 34.5 Å². The molecular weight excluding hydrogens is 300 g/mol. The molecule has 22 heavy (non-hydrogen) atoms. The zero-order chi connectivity index (χ0) is 16.6. The van der Waals surface area contributed by atoms with E-state index in [0.717, 1.165) is 29.8 Å². The number of rotatable bonds is 4. The molecule has 0 saturated carbocycles. The standard InChI is InChI=1S/C17H25ClN2O2/c1-10(2)20-14-8-12(18)7-13(17(21)22-6)16(14)11(3)15(20)9-19(4)5/h7,10,12H,8-9H2,1-6H3. The van der Waals surface area contributed by atoms with Crippen LogP contribution in [0, 0.1) is 6.92 Å². The lowest BCUT2D eigenvalue weighted by atomic mass is 9.93. The van der Waals surface area contributed by atoms with Gasteiger partial charge in [-0.2, -0.15) is 0 Å². The van der Waals surface area contributed by atoms with E-state index in [4.69, 9.17) is 16.3 Å². The predicted octanol–water partition coefficient (Wildman–Crippen LogP) is 3.16. The zero-order valence-corrected chi connectivity index (χ0v) is 15.0. The molecule has 0 aromatic carbocycles. The number of hydrogen-bond acceptors (Lipinski definition) is 3. The van der Waals surface area contributed by atoms with Gasteiger partial charge in [-0.3, -0.25) is 0 Å². The Hall–Kier alpha value is -1.26. The highest BCUT2D eigenvalue weighted by Gasteiger charge is 2.31. The second-order valence-corrected chi connectivity index (χ2v) is 6.95. The molecule has 1 heterocycles. The Morgan fingerprint density at radius 3 is 2.64 bits per heavy atom. The number of methoxy groups -OCH3 is 1. The van der Waals surface area contributed by atoms with Crippen LogP contribution in [0.5, 0.6) is 0 Å². The number of esters is 1. The van der Waals surface area contributed by atoms with E-state index >= 15 is 0 Å². The number of halogens is 1. The van der Waals surface area contributed by atoms with Crippen molar-refractivity contribution in [3.05, 3.63) is 28.6 Å². The van der Waals surface area contributed by atoms with Gasteiger partial charge in [-0.15, -0.1) is 11.6 Å². The Labute approximate surface area is 137 Å². The van der Waals surface area contributed by atoms with Gasteiger partial charge in [0.15, 0.2) is 0 Å². The number of aromatic nitrogens is 1. The third kappa shape index (κ3) is 2.95. The Morgan fingerprint density at radius 1 is 1.50 bits per heavy atom. The summed E-state index contributed by atoms with van der Waals surface area (Å²) in [4.78, 5) is 14.3. The van der Waals surface area contributed by atoms with Crippen molar-refractivity contribution in [2.24, 2.45) is 0 Å². The molecule has 0 N–H and O–H groups in total. The fraction of sp³-hybridized carbons (Fsp3) is 0.588. The molecule has 2 rings (SSSR count). The number of allylic oxidation sites excluding steroid dienone is 1. The first-order chi connectivity index (χ1) is 10.3. The lowest BCUT2D eigenvalue weighted by Gasteiger charge is -2.23. The quantitative estimate of drug-likeness (QED) is 0.630. The molecule has 0 saturated heterocycles. The van der Waals surface area contributed by atoms with Gasteiger partial charge >= 0.3 is 5.97 Å². The van der Waals surface area contributed by atoms with Crippen LogP contribution >= 0.6 is 11.6 Å². The van der Waals surface area contributed by atoms with Gasteiger partial charge in [0.2, 0.25) is 0 Å². The van der Waals surface area contributed by atoms with Crippen LogP contribution < -0.4 is 0 Å². The molecule has 0 aliphatic heterocycles. The molecule has 122 valence electrons. The van der Waals surface area contributed by atoms with Gasteiger partial charge in [-0.1, -0.05) is 6.08 Å². The smallest absolute Gasteiger partial charge is 0.338 e. The third-order valence-electron chi connectivity index (χ3n) is 4.07. The van der Waals surface area contributed by atoms with Crippen molar-refractivity contribution in [3.63, 3.8) is 0 Å². The maximum Gasteiger partial charge on any atom is 0.338 e. The van der Waals surface area contributed by atoms with Crippen LogP contribution in [0.1, 0.15) is 42.4 Å². The summed E-state index contributed by atoms with van der Waals surface area (Å²) in [7, 11) is 5.52. The van der Waals surface area contributed by atoms with Crippen molar-refractivity contribution >= 4 is 23.1 Å². The van der Waals surface area contributed by atoms with E-state index in [0.29, 0.717) is 11.6 Å². The van der Waals surface area contributed by atoms with Crippen LogP contribution in [-0.2, 0) is 22.5 Å². The minimum atomic E-state index is -0.313. The molecule has 1 aliphatic carbocycles. The molecule has 4 nitrogen and oxygen atoms in total. The van der Waals surface area contributed by atoms with E-state index in [1.807, 2.05) is 6.08 Å². The predicted molar refractivity (Wildman–Crippen MR) is 90.3 cm³/mol. The zero-order valence-electron chi connectivity index (χ0n) is 14.2.